The van der Waals surface area contributed by atoms with Crippen molar-refractivity contribution in [2.75, 3.05) is 11.9 Å². The molecule has 0 saturated heterocycles. The van der Waals surface area contributed by atoms with E-state index in [9.17, 15) is 9.18 Å². The van der Waals surface area contributed by atoms with Crippen LogP contribution in [0.15, 0.2) is 77.6 Å². The first-order chi connectivity index (χ1) is 15.0. The number of rotatable bonds is 6. The van der Waals surface area contributed by atoms with Gasteiger partial charge in [-0.1, -0.05) is 12.1 Å². The highest BCUT2D eigenvalue weighted by Crippen LogP contribution is 2.22. The number of benzene rings is 1. The molecule has 0 spiro atoms. The van der Waals surface area contributed by atoms with E-state index in [1.165, 1.54) is 6.08 Å². The van der Waals surface area contributed by atoms with Gasteiger partial charge in [0.2, 0.25) is 0 Å². The van der Waals surface area contributed by atoms with E-state index in [4.69, 9.17) is 11.5 Å². The summed E-state index contributed by atoms with van der Waals surface area (Å²) in [6.45, 7) is 0.197. The number of hydrogen-bond acceptors (Lipinski definition) is 7. The summed E-state index contributed by atoms with van der Waals surface area (Å²) >= 11 is 0. The Kier molecular flexibility index (Phi) is 5.96. The predicted molar refractivity (Wildman–Crippen MR) is 118 cm³/mol. The fraction of sp³-hybridized carbons (Fsp3) is 0.182. The third kappa shape index (κ3) is 4.57. The molecule has 1 amide bonds. The molecule has 3 aromatic rings. The highest BCUT2D eigenvalue weighted by molar-refractivity contribution is 6.25. The number of alkyl halides is 1. The first-order valence-corrected chi connectivity index (χ1v) is 9.78. The van der Waals surface area contributed by atoms with Crippen molar-refractivity contribution >= 4 is 28.3 Å². The second kappa shape index (κ2) is 8.99. The SMILES string of the molecule is NC[C@@H](NC1N=C(Nc2ccc3ncccc3c2)C(C(N)=O)=CC1F)c1ccccn1. The van der Waals surface area contributed by atoms with Crippen molar-refractivity contribution in [3.8, 4) is 0 Å². The largest absolute Gasteiger partial charge is 0.365 e. The highest BCUT2D eigenvalue weighted by Gasteiger charge is 2.30. The van der Waals surface area contributed by atoms with Gasteiger partial charge in [0.25, 0.3) is 5.91 Å². The van der Waals surface area contributed by atoms with Crippen LogP contribution in [0.3, 0.4) is 0 Å². The van der Waals surface area contributed by atoms with E-state index in [-0.39, 0.29) is 18.0 Å². The van der Waals surface area contributed by atoms with Crippen molar-refractivity contribution in [2.45, 2.75) is 18.4 Å². The molecule has 1 aliphatic heterocycles. The van der Waals surface area contributed by atoms with E-state index in [0.717, 1.165) is 10.9 Å². The zero-order chi connectivity index (χ0) is 21.8. The number of hydrogen-bond donors (Lipinski definition) is 4. The van der Waals surface area contributed by atoms with Crippen molar-refractivity contribution < 1.29 is 9.18 Å². The van der Waals surface area contributed by atoms with Gasteiger partial charge in [0.15, 0.2) is 6.17 Å². The fourth-order valence-corrected chi connectivity index (χ4v) is 3.39. The van der Waals surface area contributed by atoms with Crippen LogP contribution in [0.4, 0.5) is 10.1 Å². The number of anilines is 1. The normalized spacial score (nSPS) is 19.4. The number of halogens is 1. The molecule has 0 aliphatic carbocycles. The molecule has 8 nitrogen and oxygen atoms in total. The lowest BCUT2D eigenvalue weighted by atomic mass is 10.1. The van der Waals surface area contributed by atoms with E-state index < -0.39 is 24.3 Å². The smallest absolute Gasteiger partial charge is 0.252 e. The Hall–Kier alpha value is -3.69. The van der Waals surface area contributed by atoms with Gasteiger partial charge in [0, 0.05) is 30.0 Å². The Labute approximate surface area is 178 Å². The van der Waals surface area contributed by atoms with Gasteiger partial charge in [-0.25, -0.2) is 9.38 Å². The van der Waals surface area contributed by atoms with Crippen LogP contribution in [0, 0.1) is 0 Å². The molecule has 0 radical (unpaired) electrons. The number of aromatic nitrogens is 2. The van der Waals surface area contributed by atoms with Crippen molar-refractivity contribution in [3.05, 3.63) is 78.3 Å². The minimum atomic E-state index is -1.56. The first-order valence-electron chi connectivity index (χ1n) is 9.78. The topological polar surface area (TPSA) is 131 Å². The molecule has 0 fully saturated rings. The van der Waals surface area contributed by atoms with Crippen LogP contribution in [0.25, 0.3) is 10.9 Å². The van der Waals surface area contributed by atoms with Crippen LogP contribution in [0.2, 0.25) is 0 Å². The van der Waals surface area contributed by atoms with Gasteiger partial charge in [-0.2, -0.15) is 0 Å². The van der Waals surface area contributed by atoms with Gasteiger partial charge in [-0.05, 0) is 42.5 Å². The summed E-state index contributed by atoms with van der Waals surface area (Å²) < 4.78 is 14.8. The molecular formula is C22H22FN7O. The van der Waals surface area contributed by atoms with E-state index >= 15 is 0 Å². The van der Waals surface area contributed by atoms with Crippen molar-refractivity contribution in [3.63, 3.8) is 0 Å². The maximum Gasteiger partial charge on any atom is 0.252 e. The van der Waals surface area contributed by atoms with Crippen LogP contribution < -0.4 is 22.1 Å². The molecule has 2 unspecified atom stereocenters. The molecule has 9 heteroatoms. The first kappa shape index (κ1) is 20.6. The fourth-order valence-electron chi connectivity index (χ4n) is 3.39. The van der Waals surface area contributed by atoms with Gasteiger partial charge in [0.05, 0.1) is 22.8 Å². The number of carbonyl (C=O) groups excluding carboxylic acids is 1. The molecule has 0 saturated carbocycles. The zero-order valence-electron chi connectivity index (χ0n) is 16.6. The van der Waals surface area contributed by atoms with Crippen LogP contribution in [0.5, 0.6) is 0 Å². The van der Waals surface area contributed by atoms with Gasteiger partial charge in [-0.15, -0.1) is 0 Å². The molecule has 6 N–H and O–H groups in total. The maximum atomic E-state index is 14.8. The number of nitrogens with zero attached hydrogens (tertiary/aromatic N) is 3. The molecule has 2 aromatic heterocycles. The number of dihydropyridines is 1. The Morgan fingerprint density at radius 3 is 2.71 bits per heavy atom. The number of aliphatic imine (C=N–C) groups is 1. The van der Waals surface area contributed by atoms with Crippen molar-refractivity contribution in [1.82, 2.24) is 15.3 Å². The second-order valence-electron chi connectivity index (χ2n) is 7.06. The summed E-state index contributed by atoms with van der Waals surface area (Å²) in [7, 11) is 0. The molecular weight excluding hydrogens is 397 g/mol. The van der Waals surface area contributed by atoms with Crippen LogP contribution in [-0.2, 0) is 4.79 Å². The van der Waals surface area contributed by atoms with E-state index in [1.54, 1.807) is 30.6 Å². The Bertz CT molecular complexity index is 1150. The Morgan fingerprint density at radius 2 is 1.97 bits per heavy atom. The summed E-state index contributed by atoms with van der Waals surface area (Å²) in [5.41, 5.74) is 13.5. The number of nitrogens with one attached hydrogen (secondary N) is 2. The highest BCUT2D eigenvalue weighted by atomic mass is 19.1. The van der Waals surface area contributed by atoms with Crippen LogP contribution >= 0.6 is 0 Å². The number of fused-ring (bicyclic) bond motifs is 1. The lowest BCUT2D eigenvalue weighted by molar-refractivity contribution is -0.114. The van der Waals surface area contributed by atoms with Crippen LogP contribution in [-0.4, -0.2) is 40.6 Å². The number of primary amides is 1. The summed E-state index contributed by atoms with van der Waals surface area (Å²) in [5, 5.41) is 7.07. The van der Waals surface area contributed by atoms with Gasteiger partial charge >= 0.3 is 0 Å². The molecule has 3 atom stereocenters. The Balaban J connectivity index is 1.62. The van der Waals surface area contributed by atoms with Gasteiger partial charge in [0.1, 0.15) is 12.0 Å². The number of nitrogens with two attached hydrogens (primary N) is 2. The summed E-state index contributed by atoms with van der Waals surface area (Å²) in [6, 6.07) is 14.3. The molecule has 31 heavy (non-hydrogen) atoms. The third-order valence-electron chi connectivity index (χ3n) is 4.93. The molecule has 0 bridgehead atoms. The van der Waals surface area contributed by atoms with E-state index in [0.29, 0.717) is 11.4 Å². The quantitative estimate of drug-likeness (QED) is 0.482. The third-order valence-corrected chi connectivity index (χ3v) is 4.93. The number of pyridine rings is 2. The average molecular weight is 419 g/mol. The number of amidine groups is 1. The number of carbonyl (C=O) groups is 1. The molecule has 1 aliphatic rings. The Morgan fingerprint density at radius 1 is 1.13 bits per heavy atom. The summed E-state index contributed by atoms with van der Waals surface area (Å²) in [5.74, 6) is -0.589. The minimum absolute atomic E-state index is 0.0148. The standard InChI is InChI=1S/C22H22FN7O/c23-16-11-15(20(25)31)21(28-14-6-7-17-13(10-14)4-3-9-26-17)30-22(16)29-19(12-24)18-5-1-2-8-27-18/h1-11,16,19,22,29H,12,24H2,(H2,25,31)(H,28,30)/t16?,19-,22?/m1/s1. The minimum Gasteiger partial charge on any atom is -0.365 e. The zero-order valence-corrected chi connectivity index (χ0v) is 16.6. The molecule has 4 rings (SSSR count). The van der Waals surface area contributed by atoms with Crippen molar-refractivity contribution in [1.29, 1.82) is 0 Å². The van der Waals surface area contributed by atoms with Gasteiger partial charge in [-0.3, -0.25) is 20.1 Å². The average Bonchev–Trinajstić information content (AvgIpc) is 2.79. The van der Waals surface area contributed by atoms with Gasteiger partial charge < -0.3 is 16.8 Å². The molecule has 1 aromatic carbocycles. The van der Waals surface area contributed by atoms with E-state index in [2.05, 4.69) is 25.6 Å². The summed E-state index contributed by atoms with van der Waals surface area (Å²) in [6.07, 6.45) is 1.99. The van der Waals surface area contributed by atoms with Crippen LogP contribution in [0.1, 0.15) is 11.7 Å². The van der Waals surface area contributed by atoms with E-state index in [1.807, 2.05) is 30.3 Å². The maximum absolute atomic E-state index is 14.8. The molecule has 158 valence electrons. The van der Waals surface area contributed by atoms with Crippen molar-refractivity contribution in [2.24, 2.45) is 16.5 Å². The molecule has 3 heterocycles. The predicted octanol–water partition coefficient (Wildman–Crippen LogP) is 1.82. The number of amides is 1. The lowest BCUT2D eigenvalue weighted by Gasteiger charge is -2.28. The monoisotopic (exact) mass is 419 g/mol. The second-order valence-corrected chi connectivity index (χ2v) is 7.06. The summed E-state index contributed by atoms with van der Waals surface area (Å²) in [4.78, 5) is 24.9. The lowest BCUT2D eigenvalue weighted by Crippen LogP contribution is -2.45.